The van der Waals surface area contributed by atoms with E-state index in [4.69, 9.17) is 16.3 Å². The zero-order valence-corrected chi connectivity index (χ0v) is 17.1. The number of carbonyl (C=O) groups is 3. The summed E-state index contributed by atoms with van der Waals surface area (Å²) in [5.74, 6) is -1.63. The van der Waals surface area contributed by atoms with Crippen molar-refractivity contribution in [1.82, 2.24) is 5.32 Å². The number of hydrogen-bond acceptors (Lipinski definition) is 5. The molecule has 1 unspecified atom stereocenters. The Kier molecular flexibility index (Phi) is 6.03. The van der Waals surface area contributed by atoms with Gasteiger partial charge in [-0.3, -0.25) is 9.59 Å². The highest BCUT2D eigenvalue weighted by molar-refractivity contribution is 6.52. The summed E-state index contributed by atoms with van der Waals surface area (Å²) in [5.41, 5.74) is 1.66. The fourth-order valence-corrected chi connectivity index (χ4v) is 3.15. The summed E-state index contributed by atoms with van der Waals surface area (Å²) in [7, 11) is 0. The first-order valence-electron chi connectivity index (χ1n) is 9.20. The lowest BCUT2D eigenvalue weighted by molar-refractivity contribution is -0.120. The summed E-state index contributed by atoms with van der Waals surface area (Å²) in [6.45, 7) is 5.39. The maximum absolute atomic E-state index is 12.9. The maximum Gasteiger partial charge on any atom is 0.338 e. The van der Waals surface area contributed by atoms with Crippen molar-refractivity contribution in [3.63, 3.8) is 0 Å². The van der Waals surface area contributed by atoms with E-state index in [1.54, 1.807) is 13.8 Å². The van der Waals surface area contributed by atoms with Gasteiger partial charge in [-0.25, -0.2) is 9.69 Å². The number of esters is 1. The zero-order valence-electron chi connectivity index (χ0n) is 16.3. The first-order valence-corrected chi connectivity index (χ1v) is 9.58. The van der Waals surface area contributed by atoms with E-state index in [-0.39, 0.29) is 22.9 Å². The summed E-state index contributed by atoms with van der Waals surface area (Å²) < 4.78 is 5.14. The third-order valence-corrected chi connectivity index (χ3v) is 4.74. The van der Waals surface area contributed by atoms with Gasteiger partial charge in [0, 0.05) is 6.04 Å². The van der Waals surface area contributed by atoms with E-state index >= 15 is 0 Å². The second kappa shape index (κ2) is 8.49. The largest absolute Gasteiger partial charge is 0.459 e. The fourth-order valence-electron chi connectivity index (χ4n) is 2.93. The van der Waals surface area contributed by atoms with Gasteiger partial charge in [0.1, 0.15) is 10.7 Å². The van der Waals surface area contributed by atoms with Crippen LogP contribution in [0.4, 0.5) is 5.69 Å². The lowest BCUT2D eigenvalue weighted by Gasteiger charge is -2.18. The second-order valence-electron chi connectivity index (χ2n) is 6.91. The molecule has 0 aromatic heterocycles. The molecule has 0 saturated heterocycles. The van der Waals surface area contributed by atoms with Crippen molar-refractivity contribution in [3.8, 4) is 0 Å². The molecule has 1 N–H and O–H groups in total. The van der Waals surface area contributed by atoms with Crippen molar-refractivity contribution in [1.29, 1.82) is 0 Å². The smallest absolute Gasteiger partial charge is 0.338 e. The third kappa shape index (κ3) is 4.32. The zero-order chi connectivity index (χ0) is 21.1. The van der Waals surface area contributed by atoms with E-state index < -0.39 is 17.8 Å². The van der Waals surface area contributed by atoms with Crippen molar-refractivity contribution in [3.05, 3.63) is 76.5 Å². The van der Waals surface area contributed by atoms with Crippen molar-refractivity contribution >= 4 is 35.1 Å². The lowest BCUT2D eigenvalue weighted by atomic mass is 10.1. The van der Waals surface area contributed by atoms with Gasteiger partial charge in [-0.05, 0) is 50.6 Å². The van der Waals surface area contributed by atoms with E-state index in [9.17, 15) is 14.4 Å². The number of carbonyl (C=O) groups excluding carboxylic acids is 3. The Morgan fingerprint density at radius 2 is 1.59 bits per heavy atom. The Morgan fingerprint density at radius 3 is 2.17 bits per heavy atom. The molecule has 0 radical (unpaired) electrons. The normalized spacial score (nSPS) is 15.1. The predicted octanol–water partition coefficient (Wildman–Crippen LogP) is 3.93. The van der Waals surface area contributed by atoms with Gasteiger partial charge in [0.25, 0.3) is 11.8 Å². The van der Waals surface area contributed by atoms with Crippen LogP contribution in [0.3, 0.4) is 0 Å². The van der Waals surface area contributed by atoms with Crippen molar-refractivity contribution in [2.24, 2.45) is 0 Å². The molecule has 6 nitrogen and oxygen atoms in total. The number of ether oxygens (including phenoxy) is 1. The lowest BCUT2D eigenvalue weighted by Crippen LogP contribution is -2.34. The average Bonchev–Trinajstić information content (AvgIpc) is 2.91. The molecule has 2 amide bonds. The predicted molar refractivity (Wildman–Crippen MR) is 110 cm³/mol. The van der Waals surface area contributed by atoms with Gasteiger partial charge in [0.15, 0.2) is 0 Å². The van der Waals surface area contributed by atoms with Gasteiger partial charge in [0.05, 0.1) is 17.4 Å². The van der Waals surface area contributed by atoms with Crippen molar-refractivity contribution in [2.75, 3.05) is 4.90 Å². The van der Waals surface area contributed by atoms with Gasteiger partial charge in [0.2, 0.25) is 0 Å². The molecule has 1 aliphatic heterocycles. The fraction of sp³-hybridized carbons (Fsp3) is 0.227. The topological polar surface area (TPSA) is 75.7 Å². The molecule has 1 aliphatic rings. The molecule has 0 fully saturated rings. The number of hydrogen-bond donors (Lipinski definition) is 1. The van der Waals surface area contributed by atoms with Crippen LogP contribution in [-0.2, 0) is 14.3 Å². The van der Waals surface area contributed by atoms with Gasteiger partial charge >= 0.3 is 5.97 Å². The Hall–Kier alpha value is -3.12. The Bertz CT molecular complexity index is 968. The van der Waals surface area contributed by atoms with Crippen LogP contribution in [0.5, 0.6) is 0 Å². The number of imide groups is 1. The van der Waals surface area contributed by atoms with Crippen LogP contribution in [0, 0.1) is 0 Å². The molecule has 0 saturated carbocycles. The van der Waals surface area contributed by atoms with E-state index in [0.29, 0.717) is 11.3 Å². The van der Waals surface area contributed by atoms with E-state index in [2.05, 4.69) is 5.32 Å². The quantitative estimate of drug-likeness (QED) is 0.574. The minimum Gasteiger partial charge on any atom is -0.459 e. The highest BCUT2D eigenvalue weighted by Crippen LogP contribution is 2.30. The van der Waals surface area contributed by atoms with E-state index in [0.717, 1.165) is 10.5 Å². The number of anilines is 1. The third-order valence-electron chi connectivity index (χ3n) is 4.39. The molecule has 0 bridgehead atoms. The molecule has 2 aromatic rings. The maximum atomic E-state index is 12.9. The first kappa shape index (κ1) is 20.6. The molecular formula is C22H21ClN2O4. The number of nitrogens with one attached hydrogen (secondary N) is 1. The minimum absolute atomic E-state index is 0.0521. The van der Waals surface area contributed by atoms with Crippen LogP contribution in [0.25, 0.3) is 0 Å². The van der Waals surface area contributed by atoms with Crippen LogP contribution >= 0.6 is 11.6 Å². The molecule has 0 aliphatic carbocycles. The standard InChI is InChI=1S/C22H21ClN2O4/c1-13(2)29-22(28)16-9-11-17(12-10-16)25-20(26)18(23)19(21(25)27)24-14(3)15-7-5-4-6-8-15/h4-14,24H,1-3H3. The van der Waals surface area contributed by atoms with Crippen molar-refractivity contribution < 1.29 is 19.1 Å². The van der Waals surface area contributed by atoms with Gasteiger partial charge in [-0.2, -0.15) is 0 Å². The highest BCUT2D eigenvalue weighted by atomic mass is 35.5. The minimum atomic E-state index is -0.614. The molecule has 150 valence electrons. The highest BCUT2D eigenvalue weighted by Gasteiger charge is 2.39. The number of rotatable bonds is 6. The molecular weight excluding hydrogens is 392 g/mol. The van der Waals surface area contributed by atoms with Crippen LogP contribution < -0.4 is 10.2 Å². The number of amides is 2. The molecule has 0 spiro atoms. The summed E-state index contributed by atoms with van der Waals surface area (Å²) in [4.78, 5) is 38.4. The summed E-state index contributed by atoms with van der Waals surface area (Å²) >= 11 is 6.17. The Morgan fingerprint density at radius 1 is 0.966 bits per heavy atom. The molecule has 1 atom stereocenters. The molecule has 7 heteroatoms. The van der Waals surface area contributed by atoms with Gasteiger partial charge in [-0.1, -0.05) is 41.9 Å². The average molecular weight is 413 g/mol. The van der Waals surface area contributed by atoms with E-state index in [1.807, 2.05) is 37.3 Å². The van der Waals surface area contributed by atoms with Crippen molar-refractivity contribution in [2.45, 2.75) is 32.9 Å². The van der Waals surface area contributed by atoms with Gasteiger partial charge < -0.3 is 10.1 Å². The summed E-state index contributed by atoms with van der Waals surface area (Å²) in [6.07, 6.45) is -0.243. The first-order chi connectivity index (χ1) is 13.8. The molecule has 2 aromatic carbocycles. The van der Waals surface area contributed by atoms with Crippen LogP contribution in [0.2, 0.25) is 0 Å². The van der Waals surface area contributed by atoms with Crippen LogP contribution in [-0.4, -0.2) is 23.9 Å². The molecule has 1 heterocycles. The molecule has 29 heavy (non-hydrogen) atoms. The second-order valence-corrected chi connectivity index (χ2v) is 7.29. The number of nitrogens with zero attached hydrogens (tertiary/aromatic N) is 1. The van der Waals surface area contributed by atoms with Gasteiger partial charge in [-0.15, -0.1) is 0 Å². The SMILES string of the molecule is CC(C)OC(=O)c1ccc(N2C(=O)C(Cl)=C(NC(C)c3ccccc3)C2=O)cc1. The number of halogens is 1. The van der Waals surface area contributed by atoms with Crippen LogP contribution in [0.1, 0.15) is 42.7 Å². The Labute approximate surface area is 174 Å². The summed E-state index contributed by atoms with van der Waals surface area (Å²) in [6, 6.07) is 15.3. The Balaban J connectivity index is 1.78. The van der Waals surface area contributed by atoms with E-state index in [1.165, 1.54) is 24.3 Å². The van der Waals surface area contributed by atoms with Crippen LogP contribution in [0.15, 0.2) is 65.3 Å². The monoisotopic (exact) mass is 412 g/mol. The number of benzene rings is 2. The molecule has 3 rings (SSSR count). The summed E-state index contributed by atoms with van der Waals surface area (Å²) in [5, 5.41) is 2.87.